The van der Waals surface area contributed by atoms with Crippen LogP contribution in [-0.2, 0) is 9.59 Å². The fraction of sp³-hybridized carbons (Fsp3) is 0.318. The van der Waals surface area contributed by atoms with Gasteiger partial charge < -0.3 is 25.6 Å². The number of aliphatic hydroxyl groups is 1. The van der Waals surface area contributed by atoms with E-state index in [0.29, 0.717) is 22.5 Å². The SMILES string of the molecule is Cc1[nH]c(/C=C2\C(=O)Nc3ccccc32)c(C)c1C(=O)NCC[C@H](O)C(=O)N(C)C. The Balaban J connectivity index is 1.76. The highest BCUT2D eigenvalue weighted by Crippen LogP contribution is 2.33. The molecule has 1 aromatic carbocycles. The van der Waals surface area contributed by atoms with Gasteiger partial charge in [0.2, 0.25) is 0 Å². The number of rotatable bonds is 6. The van der Waals surface area contributed by atoms with Gasteiger partial charge in [-0.25, -0.2) is 0 Å². The lowest BCUT2D eigenvalue weighted by Crippen LogP contribution is -2.36. The van der Waals surface area contributed by atoms with Crippen LogP contribution in [0.1, 0.15) is 39.3 Å². The number of amides is 3. The first-order valence-corrected chi connectivity index (χ1v) is 9.69. The molecule has 0 fully saturated rings. The number of aliphatic hydroxyl groups excluding tert-OH is 1. The number of nitrogens with one attached hydrogen (secondary N) is 3. The number of hydrogen-bond acceptors (Lipinski definition) is 4. The molecular weight excluding hydrogens is 384 g/mol. The molecule has 0 radical (unpaired) electrons. The number of aryl methyl sites for hydroxylation is 1. The minimum absolute atomic E-state index is 0.124. The van der Waals surface area contributed by atoms with Gasteiger partial charge in [-0.15, -0.1) is 0 Å². The Bertz CT molecular complexity index is 1040. The number of fused-ring (bicyclic) bond motifs is 1. The van der Waals surface area contributed by atoms with Crippen molar-refractivity contribution < 1.29 is 19.5 Å². The molecule has 1 atom stereocenters. The van der Waals surface area contributed by atoms with Crippen molar-refractivity contribution in [3.63, 3.8) is 0 Å². The molecule has 4 N–H and O–H groups in total. The molecule has 0 aliphatic carbocycles. The molecule has 1 aliphatic rings. The van der Waals surface area contributed by atoms with Crippen LogP contribution in [-0.4, -0.2) is 59.5 Å². The predicted octanol–water partition coefficient (Wildman–Crippen LogP) is 1.69. The van der Waals surface area contributed by atoms with Gasteiger partial charge in [-0.1, -0.05) is 18.2 Å². The number of aromatic amines is 1. The molecule has 1 aliphatic heterocycles. The summed E-state index contributed by atoms with van der Waals surface area (Å²) >= 11 is 0. The standard InChI is InChI=1S/C22H26N4O4/c1-12-17(11-15-14-7-5-6-8-16(14)25-20(15)28)24-13(2)19(12)21(29)23-10-9-18(27)22(30)26(3)4/h5-8,11,18,24,27H,9-10H2,1-4H3,(H,23,29)(H,25,28)/b15-11-/t18-/m0/s1. The maximum absolute atomic E-state index is 12.7. The topological polar surface area (TPSA) is 115 Å². The highest BCUT2D eigenvalue weighted by molar-refractivity contribution is 6.34. The van der Waals surface area contributed by atoms with Crippen molar-refractivity contribution in [2.24, 2.45) is 0 Å². The van der Waals surface area contributed by atoms with Gasteiger partial charge in [-0.2, -0.15) is 0 Å². The summed E-state index contributed by atoms with van der Waals surface area (Å²) in [4.78, 5) is 41.2. The second kappa shape index (κ2) is 8.54. The van der Waals surface area contributed by atoms with Crippen LogP contribution in [0, 0.1) is 13.8 Å². The highest BCUT2D eigenvalue weighted by Gasteiger charge is 2.25. The van der Waals surface area contributed by atoms with Crippen molar-refractivity contribution in [2.45, 2.75) is 26.4 Å². The van der Waals surface area contributed by atoms with E-state index in [2.05, 4.69) is 15.6 Å². The summed E-state index contributed by atoms with van der Waals surface area (Å²) in [5.74, 6) is -0.887. The molecule has 2 heterocycles. The number of benzene rings is 1. The zero-order chi connectivity index (χ0) is 22.0. The quantitative estimate of drug-likeness (QED) is 0.543. The molecule has 30 heavy (non-hydrogen) atoms. The summed E-state index contributed by atoms with van der Waals surface area (Å²) in [6, 6.07) is 7.44. The number of anilines is 1. The molecule has 8 nitrogen and oxygen atoms in total. The van der Waals surface area contributed by atoms with Crippen LogP contribution < -0.4 is 10.6 Å². The van der Waals surface area contributed by atoms with E-state index < -0.39 is 12.0 Å². The fourth-order valence-corrected chi connectivity index (χ4v) is 3.52. The number of carbonyl (C=O) groups excluding carboxylic acids is 3. The Kier molecular flexibility index (Phi) is 6.07. The van der Waals surface area contributed by atoms with Crippen molar-refractivity contribution in [1.82, 2.24) is 15.2 Å². The molecule has 2 aromatic rings. The minimum atomic E-state index is -1.16. The van der Waals surface area contributed by atoms with Crippen LogP contribution in [0.4, 0.5) is 5.69 Å². The highest BCUT2D eigenvalue weighted by atomic mass is 16.3. The molecule has 0 unspecified atom stereocenters. The summed E-state index contributed by atoms with van der Waals surface area (Å²) in [5.41, 5.74) is 4.68. The number of carbonyl (C=O) groups is 3. The van der Waals surface area contributed by atoms with Gasteiger partial charge in [-0.3, -0.25) is 14.4 Å². The van der Waals surface area contributed by atoms with Crippen LogP contribution >= 0.6 is 0 Å². The van der Waals surface area contributed by atoms with Gasteiger partial charge in [0.15, 0.2) is 0 Å². The smallest absolute Gasteiger partial charge is 0.256 e. The Labute approximate surface area is 175 Å². The fourth-order valence-electron chi connectivity index (χ4n) is 3.52. The molecule has 8 heteroatoms. The zero-order valence-electron chi connectivity index (χ0n) is 17.5. The van der Waals surface area contributed by atoms with Gasteiger partial charge in [0.25, 0.3) is 17.7 Å². The Morgan fingerprint density at radius 1 is 1.23 bits per heavy atom. The van der Waals surface area contributed by atoms with E-state index in [4.69, 9.17) is 0 Å². The molecule has 0 saturated heterocycles. The summed E-state index contributed by atoms with van der Waals surface area (Å²) in [7, 11) is 3.13. The predicted molar refractivity (Wildman–Crippen MR) is 115 cm³/mol. The first-order valence-electron chi connectivity index (χ1n) is 9.69. The lowest BCUT2D eigenvalue weighted by Gasteiger charge is -2.16. The third-order valence-electron chi connectivity index (χ3n) is 5.13. The second-order valence-corrected chi connectivity index (χ2v) is 7.51. The average Bonchev–Trinajstić information content (AvgIpc) is 3.16. The number of aromatic nitrogens is 1. The zero-order valence-corrected chi connectivity index (χ0v) is 17.5. The van der Waals surface area contributed by atoms with Crippen molar-refractivity contribution in [3.8, 4) is 0 Å². The van der Waals surface area contributed by atoms with E-state index in [9.17, 15) is 19.5 Å². The second-order valence-electron chi connectivity index (χ2n) is 7.51. The first kappa shape index (κ1) is 21.3. The van der Waals surface area contributed by atoms with E-state index in [1.54, 1.807) is 27.1 Å². The average molecular weight is 410 g/mol. The third kappa shape index (κ3) is 4.13. The van der Waals surface area contributed by atoms with E-state index in [1.165, 1.54) is 4.90 Å². The largest absolute Gasteiger partial charge is 0.383 e. The van der Waals surface area contributed by atoms with Gasteiger partial charge >= 0.3 is 0 Å². The van der Waals surface area contributed by atoms with Crippen LogP contribution in [0.15, 0.2) is 24.3 Å². The van der Waals surface area contributed by atoms with Gasteiger partial charge in [-0.05, 0) is 38.0 Å². The molecule has 3 amide bonds. The molecule has 0 spiro atoms. The minimum Gasteiger partial charge on any atom is -0.383 e. The first-order chi connectivity index (χ1) is 14.2. The third-order valence-corrected chi connectivity index (χ3v) is 5.13. The number of H-pyrrole nitrogens is 1. The van der Waals surface area contributed by atoms with E-state index >= 15 is 0 Å². The van der Waals surface area contributed by atoms with Crippen LogP contribution in [0.2, 0.25) is 0 Å². The summed E-state index contributed by atoms with van der Waals surface area (Å²) in [6.07, 6.45) is 0.716. The van der Waals surface area contributed by atoms with Crippen molar-refractivity contribution in [3.05, 3.63) is 52.3 Å². The summed E-state index contributed by atoms with van der Waals surface area (Å²) in [6.45, 7) is 3.76. The van der Waals surface area contributed by atoms with Gasteiger partial charge in [0, 0.05) is 43.3 Å². The Morgan fingerprint density at radius 2 is 1.93 bits per heavy atom. The summed E-state index contributed by atoms with van der Waals surface area (Å²) < 4.78 is 0. The molecule has 0 saturated carbocycles. The maximum Gasteiger partial charge on any atom is 0.256 e. The van der Waals surface area contributed by atoms with E-state index in [0.717, 1.165) is 16.8 Å². The normalized spacial score (nSPS) is 15.0. The van der Waals surface area contributed by atoms with Gasteiger partial charge in [0.1, 0.15) is 6.10 Å². The van der Waals surface area contributed by atoms with Crippen molar-refractivity contribution >= 4 is 35.1 Å². The maximum atomic E-state index is 12.7. The molecule has 1 aromatic heterocycles. The van der Waals surface area contributed by atoms with E-state index in [1.807, 2.05) is 31.2 Å². The van der Waals surface area contributed by atoms with Crippen LogP contribution in [0.25, 0.3) is 11.6 Å². The van der Waals surface area contributed by atoms with Crippen molar-refractivity contribution in [1.29, 1.82) is 0 Å². The number of para-hydroxylation sites is 1. The molecule has 0 bridgehead atoms. The molecule has 3 rings (SSSR count). The number of nitrogens with zero attached hydrogens (tertiary/aromatic N) is 1. The summed E-state index contributed by atoms with van der Waals surface area (Å²) in [5, 5.41) is 15.4. The molecular formula is C22H26N4O4. The number of likely N-dealkylation sites (N-methyl/N-ethyl adjacent to an activating group) is 1. The van der Waals surface area contributed by atoms with Crippen molar-refractivity contribution in [2.75, 3.05) is 26.0 Å². The van der Waals surface area contributed by atoms with Crippen LogP contribution in [0.3, 0.4) is 0 Å². The number of hydrogen-bond donors (Lipinski definition) is 4. The molecule has 158 valence electrons. The Morgan fingerprint density at radius 3 is 2.63 bits per heavy atom. The lowest BCUT2D eigenvalue weighted by molar-refractivity contribution is -0.137. The van der Waals surface area contributed by atoms with E-state index in [-0.39, 0.29) is 24.8 Å². The van der Waals surface area contributed by atoms with Gasteiger partial charge in [0.05, 0.1) is 11.1 Å². The van der Waals surface area contributed by atoms with Crippen LogP contribution in [0.5, 0.6) is 0 Å². The monoisotopic (exact) mass is 410 g/mol. The Hall–Kier alpha value is -3.39. The lowest BCUT2D eigenvalue weighted by atomic mass is 10.0.